The fraction of sp³-hybridized carbons (Fsp3) is 0.269. The summed E-state index contributed by atoms with van der Waals surface area (Å²) in [6.45, 7) is 10.1. The van der Waals surface area contributed by atoms with Gasteiger partial charge in [0.25, 0.3) is 0 Å². The van der Waals surface area contributed by atoms with Gasteiger partial charge in [0.1, 0.15) is 5.75 Å². The number of amides is 1. The van der Waals surface area contributed by atoms with Crippen molar-refractivity contribution >= 4 is 28.9 Å². The molecule has 0 fully saturated rings. The van der Waals surface area contributed by atoms with E-state index < -0.39 is 5.41 Å². The average molecular weight is 420 g/mol. The third kappa shape index (κ3) is 3.27. The first-order valence-electron chi connectivity index (χ1n) is 10.2. The van der Waals surface area contributed by atoms with Crippen LogP contribution in [0.25, 0.3) is 0 Å². The van der Waals surface area contributed by atoms with Gasteiger partial charge in [-0.2, -0.15) is 0 Å². The normalized spacial score (nSPS) is 18.1. The highest BCUT2D eigenvalue weighted by Gasteiger charge is 2.50. The van der Waals surface area contributed by atoms with Crippen LogP contribution < -0.4 is 9.64 Å². The van der Waals surface area contributed by atoms with Crippen molar-refractivity contribution in [2.75, 3.05) is 4.90 Å². The number of ether oxygens (including phenoxy) is 1. The minimum Gasteiger partial charge on any atom is -0.491 e. The smallest absolute Gasteiger partial charge is 0.246 e. The summed E-state index contributed by atoms with van der Waals surface area (Å²) in [5, 5.41) is 0.622. The van der Waals surface area contributed by atoms with E-state index in [1.54, 1.807) is 0 Å². The average Bonchev–Trinajstić information content (AvgIpc) is 2.89. The van der Waals surface area contributed by atoms with Crippen molar-refractivity contribution in [1.29, 1.82) is 0 Å². The van der Waals surface area contributed by atoms with E-state index in [-0.39, 0.29) is 12.0 Å². The number of nitrogens with zero attached hydrogens (tertiary/aromatic N) is 1. The summed E-state index contributed by atoms with van der Waals surface area (Å²) >= 11 is 6.38. The Balaban J connectivity index is 1.90. The lowest BCUT2D eigenvalue weighted by Gasteiger charge is -2.27. The SMILES string of the molecule is Cc1cccc(N2C(=O)C(C)(c3ccc(OC(C)C)cc3C)c3cc(Cl)ccc32)c1. The fourth-order valence-electron chi connectivity index (χ4n) is 4.38. The van der Waals surface area contributed by atoms with Crippen molar-refractivity contribution in [2.24, 2.45) is 0 Å². The van der Waals surface area contributed by atoms with E-state index in [0.29, 0.717) is 5.02 Å². The Morgan fingerprint density at radius 1 is 0.967 bits per heavy atom. The molecule has 154 valence electrons. The first-order chi connectivity index (χ1) is 14.2. The quantitative estimate of drug-likeness (QED) is 0.469. The Morgan fingerprint density at radius 2 is 1.73 bits per heavy atom. The highest BCUT2D eigenvalue weighted by molar-refractivity contribution is 6.31. The van der Waals surface area contributed by atoms with E-state index in [0.717, 1.165) is 39.4 Å². The van der Waals surface area contributed by atoms with E-state index >= 15 is 0 Å². The summed E-state index contributed by atoms with van der Waals surface area (Å²) in [5.41, 5.74) is 4.90. The summed E-state index contributed by atoms with van der Waals surface area (Å²) in [6, 6.07) is 19.7. The van der Waals surface area contributed by atoms with Gasteiger partial charge in [0.2, 0.25) is 5.91 Å². The number of halogens is 1. The van der Waals surface area contributed by atoms with Crippen molar-refractivity contribution < 1.29 is 9.53 Å². The van der Waals surface area contributed by atoms with Crippen LogP contribution in [0, 0.1) is 13.8 Å². The molecule has 0 aromatic heterocycles. The molecule has 1 unspecified atom stereocenters. The summed E-state index contributed by atoms with van der Waals surface area (Å²) in [5.74, 6) is 0.827. The number of fused-ring (bicyclic) bond motifs is 1. The van der Waals surface area contributed by atoms with E-state index in [1.165, 1.54) is 0 Å². The molecule has 3 aromatic rings. The highest BCUT2D eigenvalue weighted by atomic mass is 35.5. The molecule has 1 aliphatic heterocycles. The molecule has 3 aromatic carbocycles. The second-order valence-electron chi connectivity index (χ2n) is 8.41. The van der Waals surface area contributed by atoms with E-state index in [1.807, 2.05) is 100 Å². The molecule has 30 heavy (non-hydrogen) atoms. The number of hydrogen-bond donors (Lipinski definition) is 0. The Labute approximate surface area is 183 Å². The molecule has 4 rings (SSSR count). The summed E-state index contributed by atoms with van der Waals surface area (Å²) < 4.78 is 5.85. The van der Waals surface area contributed by atoms with Gasteiger partial charge in [-0.3, -0.25) is 9.69 Å². The van der Waals surface area contributed by atoms with Crippen LogP contribution in [0.2, 0.25) is 5.02 Å². The molecule has 0 saturated carbocycles. The zero-order valence-electron chi connectivity index (χ0n) is 18.0. The van der Waals surface area contributed by atoms with Crippen LogP contribution in [0.1, 0.15) is 43.0 Å². The minimum absolute atomic E-state index is 0.0194. The Morgan fingerprint density at radius 3 is 2.40 bits per heavy atom. The van der Waals surface area contributed by atoms with Gasteiger partial charge in [0.05, 0.1) is 17.2 Å². The fourth-order valence-corrected chi connectivity index (χ4v) is 4.55. The maximum atomic E-state index is 14.0. The monoisotopic (exact) mass is 419 g/mol. The second-order valence-corrected chi connectivity index (χ2v) is 8.85. The van der Waals surface area contributed by atoms with Gasteiger partial charge < -0.3 is 4.74 Å². The summed E-state index contributed by atoms with van der Waals surface area (Å²) in [7, 11) is 0. The van der Waals surface area contributed by atoms with Gasteiger partial charge in [0, 0.05) is 10.7 Å². The first-order valence-corrected chi connectivity index (χ1v) is 10.6. The van der Waals surface area contributed by atoms with E-state index in [4.69, 9.17) is 16.3 Å². The Hall–Kier alpha value is -2.78. The number of rotatable bonds is 4. The number of carbonyl (C=O) groups excluding carboxylic acids is 1. The lowest BCUT2D eigenvalue weighted by atomic mass is 9.75. The van der Waals surface area contributed by atoms with Gasteiger partial charge in [-0.05, 0) is 99.3 Å². The molecular formula is C26H26ClNO2. The third-order valence-corrected chi connectivity index (χ3v) is 5.97. The molecule has 1 heterocycles. The zero-order valence-corrected chi connectivity index (χ0v) is 18.7. The summed E-state index contributed by atoms with van der Waals surface area (Å²) in [4.78, 5) is 15.8. The lowest BCUT2D eigenvalue weighted by Crippen LogP contribution is -2.37. The standard InChI is InChI=1S/C26H26ClNO2/c1-16(2)30-21-10-11-22(18(4)14-21)26(5)23-15-19(27)9-12-24(23)28(25(26)29)20-8-6-7-17(3)13-20/h6-16H,1-5H3. The van der Waals surface area contributed by atoms with Crippen LogP contribution >= 0.6 is 11.6 Å². The number of benzene rings is 3. The van der Waals surface area contributed by atoms with Crippen LogP contribution in [0.15, 0.2) is 60.7 Å². The molecule has 0 saturated heterocycles. The molecule has 0 N–H and O–H groups in total. The molecule has 4 heteroatoms. The van der Waals surface area contributed by atoms with Crippen LogP contribution in [0.3, 0.4) is 0 Å². The maximum absolute atomic E-state index is 14.0. The zero-order chi connectivity index (χ0) is 21.6. The van der Waals surface area contributed by atoms with Crippen molar-refractivity contribution in [2.45, 2.75) is 46.1 Å². The first kappa shape index (κ1) is 20.5. The molecule has 3 nitrogen and oxygen atoms in total. The molecule has 1 aliphatic rings. The van der Waals surface area contributed by atoms with Crippen molar-refractivity contribution in [3.05, 3.63) is 87.9 Å². The van der Waals surface area contributed by atoms with E-state index in [9.17, 15) is 4.79 Å². The van der Waals surface area contributed by atoms with Gasteiger partial charge >= 0.3 is 0 Å². The second kappa shape index (κ2) is 7.48. The van der Waals surface area contributed by atoms with Crippen LogP contribution in [-0.2, 0) is 10.2 Å². The van der Waals surface area contributed by atoms with Gasteiger partial charge in [-0.25, -0.2) is 0 Å². The Kier molecular flexibility index (Phi) is 5.11. The van der Waals surface area contributed by atoms with Gasteiger partial charge in [-0.15, -0.1) is 0 Å². The minimum atomic E-state index is -0.843. The van der Waals surface area contributed by atoms with Crippen molar-refractivity contribution in [3.63, 3.8) is 0 Å². The van der Waals surface area contributed by atoms with Crippen molar-refractivity contribution in [3.8, 4) is 5.75 Å². The van der Waals surface area contributed by atoms with Crippen LogP contribution in [0.5, 0.6) is 5.75 Å². The molecule has 1 atom stereocenters. The molecule has 1 amide bonds. The molecule has 0 spiro atoms. The third-order valence-electron chi connectivity index (χ3n) is 5.74. The number of hydrogen-bond acceptors (Lipinski definition) is 2. The summed E-state index contributed by atoms with van der Waals surface area (Å²) in [6.07, 6.45) is 0.0929. The lowest BCUT2D eigenvalue weighted by molar-refractivity contribution is -0.120. The largest absolute Gasteiger partial charge is 0.491 e. The van der Waals surface area contributed by atoms with Crippen molar-refractivity contribution in [1.82, 2.24) is 0 Å². The highest BCUT2D eigenvalue weighted by Crippen LogP contribution is 2.50. The molecule has 0 aliphatic carbocycles. The van der Waals surface area contributed by atoms with Gasteiger partial charge in [0.15, 0.2) is 0 Å². The molecular weight excluding hydrogens is 394 g/mol. The maximum Gasteiger partial charge on any atom is 0.246 e. The van der Waals surface area contributed by atoms with Gasteiger partial charge in [-0.1, -0.05) is 29.8 Å². The van der Waals surface area contributed by atoms with E-state index in [2.05, 4.69) is 0 Å². The Bertz CT molecular complexity index is 1140. The number of anilines is 2. The number of aryl methyl sites for hydroxylation is 2. The predicted octanol–water partition coefficient (Wildman–Crippen LogP) is 6.73. The van der Waals surface area contributed by atoms with Crippen LogP contribution in [0.4, 0.5) is 11.4 Å². The molecule has 0 radical (unpaired) electrons. The molecule has 0 bridgehead atoms. The predicted molar refractivity (Wildman–Crippen MR) is 123 cm³/mol. The number of carbonyl (C=O) groups is 1. The topological polar surface area (TPSA) is 29.5 Å². The van der Waals surface area contributed by atoms with Crippen LogP contribution in [-0.4, -0.2) is 12.0 Å².